The van der Waals surface area contributed by atoms with Crippen LogP contribution in [0.4, 0.5) is 10.2 Å². The lowest BCUT2D eigenvalue weighted by atomic mass is 10.2. The van der Waals surface area contributed by atoms with E-state index in [9.17, 15) is 17.6 Å². The van der Waals surface area contributed by atoms with E-state index in [1.54, 1.807) is 18.2 Å². The first-order chi connectivity index (χ1) is 11.9. The molecule has 1 aromatic carbocycles. The number of nitrogens with zero attached hydrogens (tertiary/aromatic N) is 2. The number of carbonyl (C=O) groups excluding carboxylic acids is 1. The van der Waals surface area contributed by atoms with Gasteiger partial charge in [-0.25, -0.2) is 22.8 Å². The van der Waals surface area contributed by atoms with Crippen molar-refractivity contribution in [3.8, 4) is 0 Å². The van der Waals surface area contributed by atoms with Crippen molar-refractivity contribution in [3.05, 3.63) is 53.7 Å². The van der Waals surface area contributed by atoms with Crippen LogP contribution in [0.5, 0.6) is 0 Å². The Kier molecular flexibility index (Phi) is 4.93. The van der Waals surface area contributed by atoms with E-state index in [1.165, 1.54) is 18.5 Å². The standard InChI is InChI=1S/C16H17FN4O3S/c17-13-4-2-1-3-11(13)8-18-16(22)14-7-15(20-10-19-14)21-12-5-6-25(23,24)9-12/h1-4,7,10,12H,5-6,8-9H2,(H,18,22)(H,19,20,21). The number of nitrogens with one attached hydrogen (secondary N) is 2. The van der Waals surface area contributed by atoms with E-state index in [1.807, 2.05) is 0 Å². The van der Waals surface area contributed by atoms with Crippen LogP contribution in [0.3, 0.4) is 0 Å². The maximum Gasteiger partial charge on any atom is 0.270 e. The molecule has 1 aliphatic rings. The SMILES string of the molecule is O=C(NCc1ccccc1F)c1cc(NC2CCS(=O)(=O)C2)ncn1. The fourth-order valence-electron chi connectivity index (χ4n) is 2.59. The molecule has 0 saturated carbocycles. The van der Waals surface area contributed by atoms with Crippen LogP contribution >= 0.6 is 0 Å². The third-order valence-electron chi connectivity index (χ3n) is 3.88. The third kappa shape index (κ3) is 4.50. The molecule has 1 amide bonds. The summed E-state index contributed by atoms with van der Waals surface area (Å²) in [6.07, 6.45) is 1.73. The summed E-state index contributed by atoms with van der Waals surface area (Å²) in [6, 6.07) is 7.39. The molecule has 0 aliphatic carbocycles. The Labute approximate surface area is 144 Å². The first kappa shape index (κ1) is 17.3. The molecule has 25 heavy (non-hydrogen) atoms. The van der Waals surface area contributed by atoms with Crippen molar-refractivity contribution >= 4 is 21.6 Å². The molecule has 1 aromatic heterocycles. The zero-order valence-corrected chi connectivity index (χ0v) is 14.1. The van der Waals surface area contributed by atoms with Gasteiger partial charge in [-0.15, -0.1) is 0 Å². The highest BCUT2D eigenvalue weighted by atomic mass is 32.2. The Morgan fingerprint density at radius 1 is 1.28 bits per heavy atom. The second kappa shape index (κ2) is 7.14. The number of carbonyl (C=O) groups is 1. The van der Waals surface area contributed by atoms with Crippen molar-refractivity contribution in [1.82, 2.24) is 15.3 Å². The Morgan fingerprint density at radius 2 is 2.08 bits per heavy atom. The largest absolute Gasteiger partial charge is 0.366 e. The van der Waals surface area contributed by atoms with E-state index in [0.29, 0.717) is 17.8 Å². The molecule has 1 unspecified atom stereocenters. The summed E-state index contributed by atoms with van der Waals surface area (Å²) >= 11 is 0. The van der Waals surface area contributed by atoms with Gasteiger partial charge >= 0.3 is 0 Å². The lowest BCUT2D eigenvalue weighted by Crippen LogP contribution is -2.25. The van der Waals surface area contributed by atoms with Crippen LogP contribution in [0.25, 0.3) is 0 Å². The summed E-state index contributed by atoms with van der Waals surface area (Å²) in [5, 5.41) is 5.60. The van der Waals surface area contributed by atoms with E-state index in [2.05, 4.69) is 20.6 Å². The van der Waals surface area contributed by atoms with E-state index in [0.717, 1.165) is 0 Å². The van der Waals surface area contributed by atoms with Gasteiger partial charge in [-0.1, -0.05) is 18.2 Å². The molecule has 0 spiro atoms. The average molecular weight is 364 g/mol. The van der Waals surface area contributed by atoms with Gasteiger partial charge in [-0.2, -0.15) is 0 Å². The molecular formula is C16H17FN4O3S. The minimum atomic E-state index is -3.01. The highest BCUT2D eigenvalue weighted by Gasteiger charge is 2.28. The van der Waals surface area contributed by atoms with Crippen LogP contribution in [-0.2, 0) is 16.4 Å². The topological polar surface area (TPSA) is 101 Å². The van der Waals surface area contributed by atoms with E-state index < -0.39 is 21.6 Å². The Balaban J connectivity index is 1.63. The molecule has 2 N–H and O–H groups in total. The molecule has 2 aromatic rings. The van der Waals surface area contributed by atoms with Gasteiger partial charge in [0.15, 0.2) is 9.84 Å². The van der Waals surface area contributed by atoms with E-state index in [-0.39, 0.29) is 29.8 Å². The van der Waals surface area contributed by atoms with Gasteiger partial charge in [0.1, 0.15) is 23.7 Å². The Morgan fingerprint density at radius 3 is 2.80 bits per heavy atom. The summed E-state index contributed by atoms with van der Waals surface area (Å²) in [6.45, 7) is 0.0408. The van der Waals surface area contributed by atoms with Gasteiger partial charge in [0.05, 0.1) is 11.5 Å². The second-order valence-corrected chi connectivity index (χ2v) is 8.04. The average Bonchev–Trinajstić information content (AvgIpc) is 2.92. The number of anilines is 1. The third-order valence-corrected chi connectivity index (χ3v) is 5.65. The van der Waals surface area contributed by atoms with Crippen molar-refractivity contribution in [2.24, 2.45) is 0 Å². The fraction of sp³-hybridized carbons (Fsp3) is 0.312. The fourth-order valence-corrected chi connectivity index (χ4v) is 4.26. The molecule has 7 nitrogen and oxygen atoms in total. The van der Waals surface area contributed by atoms with Crippen molar-refractivity contribution in [2.75, 3.05) is 16.8 Å². The van der Waals surface area contributed by atoms with Crippen LogP contribution < -0.4 is 10.6 Å². The number of benzene rings is 1. The van der Waals surface area contributed by atoms with Crippen LogP contribution in [0, 0.1) is 5.82 Å². The number of aromatic nitrogens is 2. The maximum absolute atomic E-state index is 13.6. The van der Waals surface area contributed by atoms with Crippen molar-refractivity contribution < 1.29 is 17.6 Å². The molecule has 2 heterocycles. The zero-order valence-electron chi connectivity index (χ0n) is 13.3. The monoisotopic (exact) mass is 364 g/mol. The first-order valence-corrected chi connectivity index (χ1v) is 9.56. The smallest absolute Gasteiger partial charge is 0.270 e. The summed E-state index contributed by atoms with van der Waals surface area (Å²) in [5.74, 6) is -0.284. The number of sulfone groups is 1. The van der Waals surface area contributed by atoms with E-state index in [4.69, 9.17) is 0 Å². The first-order valence-electron chi connectivity index (χ1n) is 7.73. The van der Waals surface area contributed by atoms with Crippen LogP contribution in [0.2, 0.25) is 0 Å². The van der Waals surface area contributed by atoms with Crippen molar-refractivity contribution in [2.45, 2.75) is 19.0 Å². The molecule has 3 rings (SSSR count). The molecule has 132 valence electrons. The van der Waals surface area contributed by atoms with Crippen LogP contribution in [0.1, 0.15) is 22.5 Å². The predicted octanol–water partition coefficient (Wildman–Crippen LogP) is 1.14. The second-order valence-electron chi connectivity index (χ2n) is 5.81. The summed E-state index contributed by atoms with van der Waals surface area (Å²) < 4.78 is 36.5. The van der Waals surface area contributed by atoms with Gasteiger partial charge in [-0.3, -0.25) is 4.79 Å². The molecule has 0 bridgehead atoms. The number of rotatable bonds is 5. The maximum atomic E-state index is 13.6. The molecule has 1 atom stereocenters. The molecular weight excluding hydrogens is 347 g/mol. The lowest BCUT2D eigenvalue weighted by molar-refractivity contribution is 0.0945. The summed E-state index contributed by atoms with van der Waals surface area (Å²) in [5.41, 5.74) is 0.495. The molecule has 0 radical (unpaired) electrons. The van der Waals surface area contributed by atoms with E-state index >= 15 is 0 Å². The highest BCUT2D eigenvalue weighted by molar-refractivity contribution is 7.91. The van der Waals surface area contributed by atoms with Crippen LogP contribution in [0.15, 0.2) is 36.7 Å². The molecule has 9 heteroatoms. The Hall–Kier alpha value is -2.55. The van der Waals surface area contributed by atoms with Gasteiger partial charge in [0.25, 0.3) is 5.91 Å². The lowest BCUT2D eigenvalue weighted by Gasteiger charge is -2.12. The Bertz CT molecular complexity index is 888. The van der Waals surface area contributed by atoms with Crippen molar-refractivity contribution in [3.63, 3.8) is 0 Å². The molecule has 1 saturated heterocycles. The summed E-state index contributed by atoms with van der Waals surface area (Å²) in [7, 11) is -3.01. The number of amides is 1. The summed E-state index contributed by atoms with van der Waals surface area (Å²) in [4.78, 5) is 20.1. The van der Waals surface area contributed by atoms with Gasteiger partial charge < -0.3 is 10.6 Å². The predicted molar refractivity (Wildman–Crippen MR) is 90.3 cm³/mol. The number of halogens is 1. The molecule has 1 aliphatic heterocycles. The normalized spacial score (nSPS) is 18.7. The number of hydrogen-bond donors (Lipinski definition) is 2. The van der Waals surface area contributed by atoms with Crippen molar-refractivity contribution in [1.29, 1.82) is 0 Å². The van der Waals surface area contributed by atoms with Gasteiger partial charge in [0, 0.05) is 24.2 Å². The number of hydrogen-bond acceptors (Lipinski definition) is 6. The van der Waals surface area contributed by atoms with Gasteiger partial charge in [-0.05, 0) is 12.5 Å². The zero-order chi connectivity index (χ0) is 17.9. The van der Waals surface area contributed by atoms with Gasteiger partial charge in [0.2, 0.25) is 0 Å². The van der Waals surface area contributed by atoms with Crippen LogP contribution in [-0.4, -0.2) is 41.8 Å². The molecule has 1 fully saturated rings. The highest BCUT2D eigenvalue weighted by Crippen LogP contribution is 2.16. The minimum Gasteiger partial charge on any atom is -0.366 e. The minimum absolute atomic E-state index is 0.0408. The quantitative estimate of drug-likeness (QED) is 0.825.